The Morgan fingerprint density at radius 2 is 2.00 bits per heavy atom. The van der Waals surface area contributed by atoms with Crippen LogP contribution in [0.5, 0.6) is 0 Å². The molecular weight excluding hydrogens is 386 g/mol. The highest BCUT2D eigenvalue weighted by molar-refractivity contribution is 5.62. The molecule has 1 aliphatic carbocycles. The molecule has 2 aromatic heterocycles. The molecule has 1 aromatic carbocycles. The van der Waals surface area contributed by atoms with Gasteiger partial charge in [0, 0.05) is 6.42 Å². The average Bonchev–Trinajstić information content (AvgIpc) is 3.12. The van der Waals surface area contributed by atoms with E-state index >= 15 is 0 Å². The summed E-state index contributed by atoms with van der Waals surface area (Å²) in [7, 11) is 0. The Balaban J connectivity index is 1.87. The molecule has 5 nitrogen and oxygen atoms in total. The highest BCUT2D eigenvalue weighted by Gasteiger charge is 2.43. The summed E-state index contributed by atoms with van der Waals surface area (Å²) in [5.41, 5.74) is 0.736. The predicted molar refractivity (Wildman–Crippen MR) is 107 cm³/mol. The fourth-order valence-electron chi connectivity index (χ4n) is 4.33. The molecule has 0 N–H and O–H groups in total. The van der Waals surface area contributed by atoms with Gasteiger partial charge in [0.1, 0.15) is 11.6 Å². The third kappa shape index (κ3) is 3.36. The van der Waals surface area contributed by atoms with Crippen molar-refractivity contribution in [1.29, 1.82) is 0 Å². The summed E-state index contributed by atoms with van der Waals surface area (Å²) in [5.74, 6) is 2.96. The monoisotopic (exact) mass is 408 g/mol. The Kier molecular flexibility index (Phi) is 5.10. The molecule has 30 heavy (non-hydrogen) atoms. The van der Waals surface area contributed by atoms with E-state index in [-0.39, 0.29) is 17.2 Å². The summed E-state index contributed by atoms with van der Waals surface area (Å²) in [5, 5.41) is 12.4. The Morgan fingerprint density at radius 3 is 2.60 bits per heavy atom. The number of halogens is 2. The van der Waals surface area contributed by atoms with Gasteiger partial charge < -0.3 is 4.52 Å². The van der Waals surface area contributed by atoms with Crippen LogP contribution in [0.4, 0.5) is 8.78 Å². The van der Waals surface area contributed by atoms with Gasteiger partial charge in [-0.05, 0) is 55.4 Å². The number of terminal acetylenes is 1. The van der Waals surface area contributed by atoms with E-state index in [2.05, 4.69) is 40.1 Å². The highest BCUT2D eigenvalue weighted by Crippen LogP contribution is 2.46. The summed E-state index contributed by atoms with van der Waals surface area (Å²) in [6, 6.07) is 5.48. The molecule has 0 aliphatic heterocycles. The molecule has 154 valence electrons. The second kappa shape index (κ2) is 7.60. The van der Waals surface area contributed by atoms with E-state index in [1.54, 1.807) is 13.0 Å². The zero-order chi connectivity index (χ0) is 21.5. The molecular formula is C23H22F2N4O. The van der Waals surface area contributed by atoms with Crippen molar-refractivity contribution in [3.05, 3.63) is 58.9 Å². The van der Waals surface area contributed by atoms with Crippen LogP contribution in [-0.4, -0.2) is 20.3 Å². The molecule has 1 aliphatic rings. The van der Waals surface area contributed by atoms with Gasteiger partial charge in [-0.25, -0.2) is 8.78 Å². The van der Waals surface area contributed by atoms with Crippen molar-refractivity contribution in [1.82, 2.24) is 20.3 Å². The first-order chi connectivity index (χ1) is 14.3. The Labute approximate surface area is 173 Å². The van der Waals surface area contributed by atoms with Crippen molar-refractivity contribution in [3.63, 3.8) is 0 Å². The average molecular weight is 408 g/mol. The number of rotatable bonds is 4. The zero-order valence-corrected chi connectivity index (χ0v) is 17.1. The Bertz CT molecular complexity index is 1110. The number of hydrogen-bond acceptors (Lipinski definition) is 5. The molecule has 0 spiro atoms. The lowest BCUT2D eigenvalue weighted by Gasteiger charge is -2.38. The molecule has 0 saturated carbocycles. The number of benzene rings is 1. The first-order valence-electron chi connectivity index (χ1n) is 9.94. The van der Waals surface area contributed by atoms with E-state index in [9.17, 15) is 8.78 Å². The summed E-state index contributed by atoms with van der Waals surface area (Å²) in [6.45, 7) is 5.97. The van der Waals surface area contributed by atoms with E-state index in [0.717, 1.165) is 12.0 Å². The van der Waals surface area contributed by atoms with E-state index in [4.69, 9.17) is 10.9 Å². The van der Waals surface area contributed by atoms with Crippen molar-refractivity contribution >= 4 is 0 Å². The normalized spacial score (nSPS) is 20.8. The Morgan fingerprint density at radius 1 is 1.27 bits per heavy atom. The van der Waals surface area contributed by atoms with Gasteiger partial charge in [-0.15, -0.1) is 11.5 Å². The molecule has 0 radical (unpaired) electrons. The molecule has 4 rings (SSSR count). The largest absolute Gasteiger partial charge is 0.339 e. The van der Waals surface area contributed by atoms with Crippen LogP contribution >= 0.6 is 0 Å². The van der Waals surface area contributed by atoms with Crippen molar-refractivity contribution in [2.45, 2.75) is 51.4 Å². The minimum Gasteiger partial charge on any atom is -0.339 e. The summed E-state index contributed by atoms with van der Waals surface area (Å²) < 4.78 is 34.0. The van der Waals surface area contributed by atoms with Gasteiger partial charge in [0.25, 0.3) is 0 Å². The quantitative estimate of drug-likeness (QED) is 0.583. The number of hydrogen-bond donors (Lipinski definition) is 0. The summed E-state index contributed by atoms with van der Waals surface area (Å²) >= 11 is 0. The van der Waals surface area contributed by atoms with Crippen LogP contribution < -0.4 is 0 Å². The van der Waals surface area contributed by atoms with Crippen LogP contribution in [0.2, 0.25) is 0 Å². The molecule has 0 saturated heterocycles. The third-order valence-corrected chi connectivity index (χ3v) is 5.88. The first kappa shape index (κ1) is 20.1. The number of fused-ring (bicyclic) bond motifs is 1. The fourth-order valence-corrected chi connectivity index (χ4v) is 4.33. The van der Waals surface area contributed by atoms with Gasteiger partial charge in [0.2, 0.25) is 5.89 Å². The van der Waals surface area contributed by atoms with Crippen molar-refractivity contribution in [2.75, 3.05) is 0 Å². The number of aryl methyl sites for hydroxylation is 1. The number of aromatic nitrogens is 4. The molecule has 2 unspecified atom stereocenters. The Hall–Kier alpha value is -3.14. The van der Waals surface area contributed by atoms with Crippen LogP contribution in [0.25, 0.3) is 11.3 Å². The minimum atomic E-state index is -0.765. The fraction of sp³-hybridized carbons (Fsp3) is 0.391. The summed E-state index contributed by atoms with van der Waals surface area (Å²) in [6.07, 6.45) is 7.83. The van der Waals surface area contributed by atoms with Crippen LogP contribution in [0, 0.1) is 36.8 Å². The topological polar surface area (TPSA) is 64.7 Å². The van der Waals surface area contributed by atoms with Crippen LogP contribution in [-0.2, 0) is 11.8 Å². The van der Waals surface area contributed by atoms with Crippen LogP contribution in [0.15, 0.2) is 28.8 Å². The van der Waals surface area contributed by atoms with Gasteiger partial charge >= 0.3 is 0 Å². The predicted octanol–water partition coefficient (Wildman–Crippen LogP) is 4.76. The van der Waals surface area contributed by atoms with Crippen molar-refractivity contribution in [3.8, 4) is 23.6 Å². The van der Waals surface area contributed by atoms with Crippen LogP contribution in [0.3, 0.4) is 0 Å². The first-order valence-corrected chi connectivity index (χ1v) is 9.94. The molecule has 2 heterocycles. The smallest absolute Gasteiger partial charge is 0.228 e. The van der Waals surface area contributed by atoms with Gasteiger partial charge in [-0.3, -0.25) is 0 Å². The highest BCUT2D eigenvalue weighted by atomic mass is 19.1. The second-order valence-electron chi connectivity index (χ2n) is 8.16. The van der Waals surface area contributed by atoms with E-state index in [1.165, 1.54) is 18.2 Å². The standard InChI is InChI=1S/C23H22F2N4O/c1-5-23(12-20-26-14(4)29-30-20)10-9-15(13(2)3)16-11-19(27-28-22(16)23)21-17(24)7-6-8-18(21)25/h1,6-8,11,13,15H,9-10,12H2,2-4H3. The lowest BCUT2D eigenvalue weighted by atomic mass is 9.65. The van der Waals surface area contributed by atoms with Gasteiger partial charge in [0.15, 0.2) is 5.82 Å². The zero-order valence-electron chi connectivity index (χ0n) is 17.1. The molecule has 2 atom stereocenters. The minimum absolute atomic E-state index is 0.148. The van der Waals surface area contributed by atoms with Gasteiger partial charge in [-0.2, -0.15) is 10.1 Å². The molecule has 0 fully saturated rings. The SMILES string of the molecule is C#CC1(Cc2nc(C)no2)CCC(C(C)C)c2cc(-c3c(F)cccc3F)nnc21. The second-order valence-corrected chi connectivity index (χ2v) is 8.16. The van der Waals surface area contributed by atoms with Gasteiger partial charge in [-0.1, -0.05) is 31.0 Å². The maximum absolute atomic E-state index is 14.4. The molecule has 7 heteroatoms. The van der Waals surface area contributed by atoms with Crippen LogP contribution in [0.1, 0.15) is 55.6 Å². The van der Waals surface area contributed by atoms with E-state index in [0.29, 0.717) is 36.2 Å². The van der Waals surface area contributed by atoms with E-state index in [1.807, 2.05) is 0 Å². The molecule has 0 amide bonds. The maximum atomic E-state index is 14.4. The lowest BCUT2D eigenvalue weighted by molar-refractivity contribution is 0.308. The van der Waals surface area contributed by atoms with Crippen molar-refractivity contribution in [2.24, 2.45) is 5.92 Å². The molecule has 0 bridgehead atoms. The molecule has 3 aromatic rings. The summed E-state index contributed by atoms with van der Waals surface area (Å²) in [4.78, 5) is 4.29. The lowest BCUT2D eigenvalue weighted by Crippen LogP contribution is -2.36. The third-order valence-electron chi connectivity index (χ3n) is 5.88. The van der Waals surface area contributed by atoms with Gasteiger partial charge in [0.05, 0.1) is 22.4 Å². The number of nitrogens with zero attached hydrogens (tertiary/aromatic N) is 4. The van der Waals surface area contributed by atoms with E-state index < -0.39 is 17.0 Å². The maximum Gasteiger partial charge on any atom is 0.228 e. The van der Waals surface area contributed by atoms with Crippen molar-refractivity contribution < 1.29 is 13.3 Å².